The third-order valence-electron chi connectivity index (χ3n) is 3.18. The molecular formula is C14H21N2O6P. The van der Waals surface area contributed by atoms with Gasteiger partial charge in [0.05, 0.1) is 18.1 Å². The van der Waals surface area contributed by atoms with Crippen molar-refractivity contribution in [3.05, 3.63) is 45.2 Å². The predicted molar refractivity (Wildman–Crippen MR) is 86.8 cm³/mol. The van der Waals surface area contributed by atoms with E-state index in [1.807, 2.05) is 0 Å². The van der Waals surface area contributed by atoms with Gasteiger partial charge in [0.25, 0.3) is 11.0 Å². The third kappa shape index (κ3) is 4.37. The van der Waals surface area contributed by atoms with E-state index in [1.165, 1.54) is 44.3 Å². The third-order valence-corrected chi connectivity index (χ3v) is 5.91. The molecule has 8 nitrogen and oxygen atoms in total. The van der Waals surface area contributed by atoms with E-state index in [4.69, 9.17) is 9.05 Å². The first-order valence-electron chi connectivity index (χ1n) is 7.13. The highest BCUT2D eigenvalue weighted by Crippen LogP contribution is 2.59. The Morgan fingerprint density at radius 3 is 2.00 bits per heavy atom. The second-order valence-corrected chi connectivity index (χ2v) is 7.74. The van der Waals surface area contributed by atoms with Crippen molar-refractivity contribution in [2.75, 3.05) is 13.2 Å². The van der Waals surface area contributed by atoms with E-state index in [0.717, 1.165) is 0 Å². The summed E-state index contributed by atoms with van der Waals surface area (Å²) in [6, 6.07) is 5.45. The zero-order valence-corrected chi connectivity index (χ0v) is 14.5. The Bertz CT molecular complexity index is 617. The fourth-order valence-corrected chi connectivity index (χ4v) is 3.47. The number of benzene rings is 1. The zero-order valence-electron chi connectivity index (χ0n) is 13.6. The van der Waals surface area contributed by atoms with E-state index in [2.05, 4.69) is 0 Å². The van der Waals surface area contributed by atoms with Gasteiger partial charge in [-0.3, -0.25) is 14.7 Å². The quantitative estimate of drug-likeness (QED) is 0.178. The highest BCUT2D eigenvalue weighted by molar-refractivity contribution is 7.55. The van der Waals surface area contributed by atoms with E-state index >= 15 is 0 Å². The Morgan fingerprint density at radius 1 is 1.13 bits per heavy atom. The number of non-ortho nitro benzene ring substituents is 1. The monoisotopic (exact) mass is 344 g/mol. The fraction of sp³-hybridized carbons (Fsp3) is 0.500. The summed E-state index contributed by atoms with van der Waals surface area (Å²) < 4.78 is 23.8. The predicted octanol–water partition coefficient (Wildman–Crippen LogP) is 3.53. The van der Waals surface area contributed by atoms with Crippen LogP contribution in [-0.2, 0) is 13.6 Å². The van der Waals surface area contributed by atoms with Gasteiger partial charge in [-0.15, -0.1) is 0 Å². The fourth-order valence-electron chi connectivity index (χ4n) is 1.79. The Morgan fingerprint density at radius 2 is 1.61 bits per heavy atom. The first-order chi connectivity index (χ1) is 10.7. The molecule has 1 aromatic rings. The largest absolute Gasteiger partial charge is 0.623 e. The average molecular weight is 344 g/mol. The van der Waals surface area contributed by atoms with Crippen molar-refractivity contribution >= 4 is 19.5 Å². The Hall–Kier alpha value is -1.76. The van der Waals surface area contributed by atoms with Crippen LogP contribution < -0.4 is 0 Å². The summed E-state index contributed by atoms with van der Waals surface area (Å²) in [5, 5.41) is 21.6. The highest BCUT2D eigenvalue weighted by Gasteiger charge is 2.51. The normalized spacial score (nSPS) is 13.1. The molecule has 0 unspecified atom stereocenters. The van der Waals surface area contributed by atoms with Crippen molar-refractivity contribution in [1.29, 1.82) is 0 Å². The number of nitro benzene ring substituents is 1. The van der Waals surface area contributed by atoms with Crippen LogP contribution in [0.25, 0.3) is 0 Å². The second kappa shape index (κ2) is 7.68. The smallest absolute Gasteiger partial charge is 0.401 e. The number of hydrogen-bond donors (Lipinski definition) is 0. The van der Waals surface area contributed by atoms with E-state index in [-0.39, 0.29) is 18.9 Å². The number of hydrogen-bond acceptors (Lipinski definition) is 6. The van der Waals surface area contributed by atoms with Crippen LogP contribution in [0.1, 0.15) is 33.3 Å². The molecule has 0 aromatic heterocycles. The molecule has 0 amide bonds. The van der Waals surface area contributed by atoms with Gasteiger partial charge in [-0.05, 0) is 26.0 Å². The van der Waals surface area contributed by atoms with Crippen LogP contribution in [0, 0.1) is 15.3 Å². The van der Waals surface area contributed by atoms with Crippen LogP contribution in [0.5, 0.6) is 0 Å². The van der Waals surface area contributed by atoms with Gasteiger partial charge in [0.1, 0.15) is 0 Å². The number of rotatable bonds is 8. The molecular weight excluding hydrogens is 323 g/mol. The molecule has 0 aliphatic carbocycles. The Labute approximate surface area is 135 Å². The van der Waals surface area contributed by atoms with Crippen LogP contribution in [0.4, 0.5) is 5.69 Å². The van der Waals surface area contributed by atoms with Crippen molar-refractivity contribution in [1.82, 2.24) is 0 Å². The van der Waals surface area contributed by atoms with Gasteiger partial charge >= 0.3 is 7.60 Å². The molecule has 0 aliphatic rings. The van der Waals surface area contributed by atoms with E-state index in [9.17, 15) is 19.9 Å². The van der Waals surface area contributed by atoms with Crippen LogP contribution in [-0.4, -0.2) is 34.4 Å². The molecule has 0 heterocycles. The van der Waals surface area contributed by atoms with E-state index < -0.39 is 17.8 Å². The molecule has 0 aliphatic heterocycles. The molecule has 0 radical (unpaired) electrons. The van der Waals surface area contributed by atoms with Crippen molar-refractivity contribution < 1.29 is 23.3 Å². The minimum atomic E-state index is -3.67. The lowest BCUT2D eigenvalue weighted by Crippen LogP contribution is -2.35. The Kier molecular flexibility index (Phi) is 6.44. The number of hydroxylamine groups is 1. The molecule has 1 aromatic carbocycles. The van der Waals surface area contributed by atoms with Gasteiger partial charge in [-0.25, -0.2) is 0 Å². The van der Waals surface area contributed by atoms with Crippen molar-refractivity contribution in [3.63, 3.8) is 0 Å². The molecule has 0 spiro atoms. The minimum absolute atomic E-state index is 0.0758. The maximum atomic E-state index is 12.8. The molecule has 9 heteroatoms. The number of nitrogens with zero attached hydrogens (tertiary/aromatic N) is 2. The standard InChI is InChI=1S/C14H21N2O6P/c1-5-21-23(20,22-6-2)14(3,4)15(17)11-12-7-9-13(10-8-12)16(18)19/h7-11H,5-6H2,1-4H3. The molecule has 23 heavy (non-hydrogen) atoms. The van der Waals surface area contributed by atoms with Gasteiger partial charge in [0, 0.05) is 31.5 Å². The van der Waals surface area contributed by atoms with Crippen LogP contribution >= 0.6 is 7.60 Å². The van der Waals surface area contributed by atoms with Gasteiger partial charge in [-0.2, -0.15) is 4.74 Å². The molecule has 0 saturated carbocycles. The zero-order chi connectivity index (χ0) is 17.7. The number of nitro groups is 1. The summed E-state index contributed by atoms with van der Waals surface area (Å²) in [6.45, 7) is 6.55. The summed E-state index contributed by atoms with van der Waals surface area (Å²) in [5.41, 5.74) is 0.367. The van der Waals surface area contributed by atoms with Crippen molar-refractivity contribution in [3.8, 4) is 0 Å². The van der Waals surface area contributed by atoms with E-state index in [1.54, 1.807) is 13.8 Å². The van der Waals surface area contributed by atoms with E-state index in [0.29, 0.717) is 10.3 Å². The van der Waals surface area contributed by atoms with Gasteiger partial charge in [-0.1, -0.05) is 0 Å². The molecule has 0 fully saturated rings. The molecule has 128 valence electrons. The molecule has 0 atom stereocenters. The topological polar surface area (TPSA) is 105 Å². The average Bonchev–Trinajstić information content (AvgIpc) is 2.48. The minimum Gasteiger partial charge on any atom is -0.623 e. The van der Waals surface area contributed by atoms with Gasteiger partial charge in [0.15, 0.2) is 6.21 Å². The Balaban J connectivity index is 3.15. The lowest BCUT2D eigenvalue weighted by Gasteiger charge is -2.30. The van der Waals surface area contributed by atoms with Gasteiger partial charge in [0.2, 0.25) is 0 Å². The lowest BCUT2D eigenvalue weighted by atomic mass is 10.2. The SMILES string of the molecule is CCOP(=O)(OCC)C(C)(C)[N+]([O-])=Cc1ccc([N+](=O)[O-])cc1. The first kappa shape index (κ1) is 19.3. The maximum absolute atomic E-state index is 12.8. The summed E-state index contributed by atoms with van der Waals surface area (Å²) in [7, 11) is -3.67. The van der Waals surface area contributed by atoms with Crippen LogP contribution in [0.2, 0.25) is 0 Å². The summed E-state index contributed by atoms with van der Waals surface area (Å²) in [5.74, 6) is 0. The molecule has 0 N–H and O–H groups in total. The molecule has 0 bridgehead atoms. The second-order valence-electron chi connectivity index (χ2n) is 5.13. The molecule has 0 saturated heterocycles. The highest BCUT2D eigenvalue weighted by atomic mass is 31.2. The lowest BCUT2D eigenvalue weighted by molar-refractivity contribution is -0.510. The van der Waals surface area contributed by atoms with Crippen LogP contribution in [0.15, 0.2) is 24.3 Å². The maximum Gasteiger partial charge on any atom is 0.401 e. The molecule has 1 rings (SSSR count). The van der Waals surface area contributed by atoms with Crippen molar-refractivity contribution in [2.24, 2.45) is 0 Å². The van der Waals surface area contributed by atoms with Crippen molar-refractivity contribution in [2.45, 2.75) is 33.0 Å². The summed E-state index contributed by atoms with van der Waals surface area (Å²) in [4.78, 5) is 10.1. The van der Waals surface area contributed by atoms with Crippen LogP contribution in [0.3, 0.4) is 0 Å². The summed E-state index contributed by atoms with van der Waals surface area (Å²) >= 11 is 0. The summed E-state index contributed by atoms with van der Waals surface area (Å²) in [6.07, 6.45) is 1.20. The first-order valence-corrected chi connectivity index (χ1v) is 8.67. The van der Waals surface area contributed by atoms with Gasteiger partial charge < -0.3 is 14.3 Å².